The summed E-state index contributed by atoms with van der Waals surface area (Å²) in [5.41, 5.74) is 3.00. The molecule has 1 heteroatoms. The van der Waals surface area contributed by atoms with Gasteiger partial charge in [0, 0.05) is 0 Å². The average molecular weight is 161 g/mol. The number of fused-ring (bicyclic) bond motifs is 1. The molecule has 1 nitrogen and oxygen atoms in total. The third kappa shape index (κ3) is 0.774. The molecule has 0 spiro atoms. The van der Waals surface area contributed by atoms with Gasteiger partial charge in [-0.05, 0) is 31.0 Å². The van der Waals surface area contributed by atoms with Crippen LogP contribution in [0.1, 0.15) is 13.8 Å². The first-order valence-corrected chi connectivity index (χ1v) is 4.48. The molecule has 0 fully saturated rings. The van der Waals surface area contributed by atoms with Crippen molar-refractivity contribution in [3.8, 4) is 0 Å². The van der Waals surface area contributed by atoms with Gasteiger partial charge in [0.2, 0.25) is 0 Å². The van der Waals surface area contributed by atoms with Crippen molar-refractivity contribution >= 4 is 0 Å². The van der Waals surface area contributed by atoms with Gasteiger partial charge < -0.3 is 5.32 Å². The minimum atomic E-state index is 0.0590. The Hall–Kier alpha value is -0.820. The molecular weight excluding hydrogens is 146 g/mol. The van der Waals surface area contributed by atoms with Crippen molar-refractivity contribution < 1.29 is 0 Å². The maximum absolute atomic E-state index is 3.37. The van der Waals surface area contributed by atoms with Crippen molar-refractivity contribution in [1.29, 1.82) is 0 Å². The highest BCUT2D eigenvalue weighted by Crippen LogP contribution is 2.40. The van der Waals surface area contributed by atoms with Gasteiger partial charge in [-0.15, -0.1) is 0 Å². The summed E-state index contributed by atoms with van der Waals surface area (Å²) >= 11 is 0. The van der Waals surface area contributed by atoms with Gasteiger partial charge in [-0.3, -0.25) is 0 Å². The summed E-state index contributed by atoms with van der Waals surface area (Å²) in [6, 6.07) is 0. The summed E-state index contributed by atoms with van der Waals surface area (Å²) < 4.78 is 0. The maximum Gasteiger partial charge on any atom is 0.0779 e. The first kappa shape index (κ1) is 7.81. The van der Waals surface area contributed by atoms with Crippen LogP contribution in [0.3, 0.4) is 0 Å². The standard InChI is InChI=1S/C11H15N/c1-8-4-6-11(12-3)7-5-9(2)10(8)11/h4-8,12H,1-3H3. The van der Waals surface area contributed by atoms with E-state index in [9.17, 15) is 0 Å². The van der Waals surface area contributed by atoms with E-state index in [2.05, 4.69) is 43.5 Å². The largest absolute Gasteiger partial charge is 0.304 e. The van der Waals surface area contributed by atoms with E-state index in [0.717, 1.165) is 0 Å². The van der Waals surface area contributed by atoms with Crippen molar-refractivity contribution in [2.45, 2.75) is 19.4 Å². The molecule has 0 saturated heterocycles. The Morgan fingerprint density at radius 1 is 1.42 bits per heavy atom. The predicted octanol–water partition coefficient (Wildman–Crippen LogP) is 2.04. The molecule has 0 radical (unpaired) electrons. The summed E-state index contributed by atoms with van der Waals surface area (Å²) in [6.07, 6.45) is 9.00. The van der Waals surface area contributed by atoms with E-state index in [1.807, 2.05) is 7.05 Å². The minimum Gasteiger partial charge on any atom is -0.304 e. The van der Waals surface area contributed by atoms with E-state index in [4.69, 9.17) is 0 Å². The lowest BCUT2D eigenvalue weighted by atomic mass is 9.91. The Bertz CT molecular complexity index is 296. The van der Waals surface area contributed by atoms with Crippen LogP contribution < -0.4 is 5.32 Å². The fourth-order valence-electron chi connectivity index (χ4n) is 2.34. The molecule has 0 aliphatic heterocycles. The SMILES string of the molecule is CNC12C=CC(C)=C1C(C)C=C2. The van der Waals surface area contributed by atoms with Gasteiger partial charge in [0.25, 0.3) is 0 Å². The van der Waals surface area contributed by atoms with E-state index >= 15 is 0 Å². The van der Waals surface area contributed by atoms with E-state index in [1.165, 1.54) is 11.1 Å². The summed E-state index contributed by atoms with van der Waals surface area (Å²) in [4.78, 5) is 0. The summed E-state index contributed by atoms with van der Waals surface area (Å²) in [6.45, 7) is 4.44. The second kappa shape index (κ2) is 2.33. The van der Waals surface area contributed by atoms with Crippen LogP contribution in [-0.4, -0.2) is 12.6 Å². The number of hydrogen-bond donors (Lipinski definition) is 1. The van der Waals surface area contributed by atoms with Crippen molar-refractivity contribution in [2.24, 2.45) is 5.92 Å². The van der Waals surface area contributed by atoms with Crippen LogP contribution in [0.15, 0.2) is 35.5 Å². The Morgan fingerprint density at radius 2 is 2.17 bits per heavy atom. The number of allylic oxidation sites excluding steroid dienone is 3. The van der Waals surface area contributed by atoms with Crippen molar-refractivity contribution in [1.82, 2.24) is 5.32 Å². The number of rotatable bonds is 1. The molecule has 0 bridgehead atoms. The number of likely N-dealkylation sites (N-methyl/N-ethyl adjacent to an activating group) is 1. The molecule has 2 rings (SSSR count). The van der Waals surface area contributed by atoms with Crippen LogP contribution in [-0.2, 0) is 0 Å². The predicted molar refractivity (Wildman–Crippen MR) is 51.9 cm³/mol. The van der Waals surface area contributed by atoms with Gasteiger partial charge in [-0.2, -0.15) is 0 Å². The minimum absolute atomic E-state index is 0.0590. The molecule has 2 aliphatic rings. The Labute approximate surface area is 73.9 Å². The molecule has 12 heavy (non-hydrogen) atoms. The van der Waals surface area contributed by atoms with Crippen molar-refractivity contribution in [3.63, 3.8) is 0 Å². The fraction of sp³-hybridized carbons (Fsp3) is 0.455. The summed E-state index contributed by atoms with van der Waals surface area (Å²) in [5.74, 6) is 0.590. The summed E-state index contributed by atoms with van der Waals surface area (Å²) in [5, 5.41) is 3.37. The van der Waals surface area contributed by atoms with Crippen molar-refractivity contribution in [2.75, 3.05) is 7.05 Å². The smallest absolute Gasteiger partial charge is 0.0779 e. The molecule has 0 aromatic rings. The monoisotopic (exact) mass is 161 g/mol. The van der Waals surface area contributed by atoms with Gasteiger partial charge in [-0.25, -0.2) is 0 Å². The van der Waals surface area contributed by atoms with Crippen LogP contribution in [0.5, 0.6) is 0 Å². The van der Waals surface area contributed by atoms with Crippen LogP contribution in [0, 0.1) is 5.92 Å². The third-order valence-electron chi connectivity index (χ3n) is 2.98. The fourth-order valence-corrected chi connectivity index (χ4v) is 2.34. The molecule has 0 saturated carbocycles. The van der Waals surface area contributed by atoms with Crippen LogP contribution in [0.4, 0.5) is 0 Å². The zero-order chi connectivity index (χ0) is 8.77. The molecule has 2 atom stereocenters. The molecule has 2 aliphatic carbocycles. The maximum atomic E-state index is 3.37. The number of nitrogens with one attached hydrogen (secondary N) is 1. The van der Waals surface area contributed by atoms with Gasteiger partial charge >= 0.3 is 0 Å². The molecule has 0 aromatic carbocycles. The topological polar surface area (TPSA) is 12.0 Å². The second-order valence-corrected chi connectivity index (χ2v) is 3.70. The molecular formula is C11H15N. The van der Waals surface area contributed by atoms with Gasteiger partial charge in [0.05, 0.1) is 5.54 Å². The zero-order valence-electron chi connectivity index (χ0n) is 7.89. The van der Waals surface area contributed by atoms with Crippen molar-refractivity contribution in [3.05, 3.63) is 35.5 Å². The first-order valence-electron chi connectivity index (χ1n) is 4.48. The molecule has 0 aromatic heterocycles. The first-order chi connectivity index (χ1) is 5.69. The molecule has 0 amide bonds. The highest BCUT2D eigenvalue weighted by molar-refractivity contribution is 5.54. The van der Waals surface area contributed by atoms with Crippen LogP contribution >= 0.6 is 0 Å². The van der Waals surface area contributed by atoms with E-state index in [1.54, 1.807) is 0 Å². The van der Waals surface area contributed by atoms with Crippen LogP contribution in [0.25, 0.3) is 0 Å². The molecule has 0 heterocycles. The lowest BCUT2D eigenvalue weighted by Gasteiger charge is -2.24. The normalized spacial score (nSPS) is 38.1. The third-order valence-corrected chi connectivity index (χ3v) is 2.98. The van der Waals surface area contributed by atoms with E-state index < -0.39 is 0 Å². The highest BCUT2D eigenvalue weighted by atomic mass is 14.9. The Morgan fingerprint density at radius 3 is 2.75 bits per heavy atom. The van der Waals surface area contributed by atoms with Gasteiger partial charge in [-0.1, -0.05) is 31.2 Å². The number of hydrogen-bond acceptors (Lipinski definition) is 1. The lowest BCUT2D eigenvalue weighted by molar-refractivity contribution is 0.605. The zero-order valence-corrected chi connectivity index (χ0v) is 7.89. The molecule has 64 valence electrons. The average Bonchev–Trinajstić information content (AvgIpc) is 2.55. The summed E-state index contributed by atoms with van der Waals surface area (Å²) in [7, 11) is 2.02. The molecule has 2 unspecified atom stereocenters. The van der Waals surface area contributed by atoms with E-state index in [-0.39, 0.29) is 5.54 Å². The molecule has 1 N–H and O–H groups in total. The van der Waals surface area contributed by atoms with Gasteiger partial charge in [0.15, 0.2) is 0 Å². The Kier molecular flexibility index (Phi) is 1.52. The Balaban J connectivity index is 2.51. The lowest BCUT2D eigenvalue weighted by Crippen LogP contribution is -2.38. The van der Waals surface area contributed by atoms with Gasteiger partial charge in [0.1, 0.15) is 0 Å². The highest BCUT2D eigenvalue weighted by Gasteiger charge is 2.38. The second-order valence-electron chi connectivity index (χ2n) is 3.70. The van der Waals surface area contributed by atoms with E-state index in [0.29, 0.717) is 5.92 Å². The quantitative estimate of drug-likeness (QED) is 0.580. The van der Waals surface area contributed by atoms with Crippen LogP contribution in [0.2, 0.25) is 0 Å².